The monoisotopic (exact) mass is 417 g/mol. The van der Waals surface area contributed by atoms with Crippen LogP contribution < -0.4 is 14.4 Å². The topological polar surface area (TPSA) is 61.9 Å². The maximum absolute atomic E-state index is 12.5. The van der Waals surface area contributed by atoms with Gasteiger partial charge in [-0.05, 0) is 36.2 Å². The molecule has 1 heterocycles. The van der Waals surface area contributed by atoms with E-state index in [4.69, 9.17) is 4.74 Å². The van der Waals surface area contributed by atoms with Gasteiger partial charge in [-0.3, -0.25) is 4.90 Å². The smallest absolute Gasteiger partial charge is 0.240 e. The van der Waals surface area contributed by atoms with Gasteiger partial charge in [-0.25, -0.2) is 13.1 Å². The molecule has 1 fully saturated rings. The quantitative estimate of drug-likeness (QED) is 0.680. The van der Waals surface area contributed by atoms with E-state index in [1.807, 2.05) is 30.3 Å². The van der Waals surface area contributed by atoms with E-state index in [-0.39, 0.29) is 0 Å². The van der Waals surface area contributed by atoms with Crippen LogP contribution in [0.1, 0.15) is 18.9 Å². The van der Waals surface area contributed by atoms with Crippen LogP contribution in [0.4, 0.5) is 5.69 Å². The fourth-order valence-electron chi connectivity index (χ4n) is 3.65. The van der Waals surface area contributed by atoms with E-state index in [0.29, 0.717) is 18.0 Å². The summed E-state index contributed by atoms with van der Waals surface area (Å²) in [7, 11) is -1.77. The van der Waals surface area contributed by atoms with Gasteiger partial charge in [0, 0.05) is 39.3 Å². The van der Waals surface area contributed by atoms with Crippen molar-refractivity contribution in [2.75, 3.05) is 51.3 Å². The minimum absolute atomic E-state index is 0.332. The molecule has 1 aliphatic heterocycles. The van der Waals surface area contributed by atoms with Gasteiger partial charge in [-0.2, -0.15) is 0 Å². The average molecular weight is 418 g/mol. The number of para-hydroxylation sites is 2. The average Bonchev–Trinajstić information content (AvgIpc) is 2.75. The molecule has 29 heavy (non-hydrogen) atoms. The highest BCUT2D eigenvalue weighted by Gasteiger charge is 2.20. The van der Waals surface area contributed by atoms with Gasteiger partial charge in [-0.15, -0.1) is 0 Å². The molecule has 2 aromatic rings. The Morgan fingerprint density at radius 2 is 1.69 bits per heavy atom. The summed E-state index contributed by atoms with van der Waals surface area (Å²) < 4.78 is 33.2. The van der Waals surface area contributed by atoms with Crippen LogP contribution in [0.15, 0.2) is 53.4 Å². The summed E-state index contributed by atoms with van der Waals surface area (Å²) in [6, 6.07) is 15.2. The lowest BCUT2D eigenvalue weighted by Crippen LogP contribution is -2.48. The van der Waals surface area contributed by atoms with E-state index < -0.39 is 10.0 Å². The molecule has 0 atom stereocenters. The highest BCUT2D eigenvalue weighted by Crippen LogP contribution is 2.28. The van der Waals surface area contributed by atoms with E-state index >= 15 is 0 Å². The van der Waals surface area contributed by atoms with Gasteiger partial charge in [-0.1, -0.05) is 37.6 Å². The van der Waals surface area contributed by atoms with E-state index in [2.05, 4.69) is 27.5 Å². The molecule has 2 aromatic carbocycles. The van der Waals surface area contributed by atoms with Gasteiger partial charge in [0.2, 0.25) is 10.0 Å². The van der Waals surface area contributed by atoms with E-state index in [0.717, 1.165) is 50.5 Å². The van der Waals surface area contributed by atoms with Gasteiger partial charge < -0.3 is 9.64 Å². The fraction of sp³-hybridized carbons (Fsp3) is 0.455. The third-order valence-corrected chi connectivity index (χ3v) is 6.77. The van der Waals surface area contributed by atoms with Gasteiger partial charge in [0.15, 0.2) is 0 Å². The zero-order valence-electron chi connectivity index (χ0n) is 17.3. The van der Waals surface area contributed by atoms with Crippen molar-refractivity contribution in [1.82, 2.24) is 9.62 Å². The zero-order valence-corrected chi connectivity index (χ0v) is 18.1. The summed E-state index contributed by atoms with van der Waals surface area (Å²) in [5, 5.41) is 0. The molecule has 3 rings (SSSR count). The summed E-state index contributed by atoms with van der Waals surface area (Å²) in [6.45, 7) is 6.80. The molecule has 6 nitrogen and oxygen atoms in total. The van der Waals surface area contributed by atoms with Crippen LogP contribution in [0, 0.1) is 0 Å². The Balaban J connectivity index is 1.46. The molecule has 0 spiro atoms. The summed E-state index contributed by atoms with van der Waals surface area (Å²) in [6.07, 6.45) is 2.02. The number of piperazine rings is 1. The number of hydrogen-bond donors (Lipinski definition) is 1. The molecular formula is C22H31N3O3S. The highest BCUT2D eigenvalue weighted by atomic mass is 32.2. The maximum atomic E-state index is 12.5. The van der Waals surface area contributed by atoms with Crippen molar-refractivity contribution in [3.8, 4) is 5.75 Å². The van der Waals surface area contributed by atoms with Gasteiger partial charge >= 0.3 is 0 Å². The second kappa shape index (κ2) is 10.1. The molecule has 0 radical (unpaired) electrons. The molecule has 0 saturated carbocycles. The van der Waals surface area contributed by atoms with Crippen molar-refractivity contribution in [3.05, 3.63) is 54.1 Å². The zero-order chi connectivity index (χ0) is 20.7. The molecule has 1 aliphatic rings. The van der Waals surface area contributed by atoms with Crippen molar-refractivity contribution >= 4 is 15.7 Å². The van der Waals surface area contributed by atoms with Crippen LogP contribution in [-0.2, 0) is 16.4 Å². The van der Waals surface area contributed by atoms with Crippen LogP contribution in [0.3, 0.4) is 0 Å². The van der Waals surface area contributed by atoms with Gasteiger partial charge in [0.05, 0.1) is 17.7 Å². The van der Waals surface area contributed by atoms with Crippen LogP contribution in [0.2, 0.25) is 0 Å². The van der Waals surface area contributed by atoms with Gasteiger partial charge in [0.25, 0.3) is 0 Å². The summed E-state index contributed by atoms with van der Waals surface area (Å²) in [4.78, 5) is 4.94. The number of sulfonamides is 1. The molecule has 7 heteroatoms. The first-order chi connectivity index (χ1) is 14.0. The van der Waals surface area contributed by atoms with E-state index in [1.54, 1.807) is 19.2 Å². The van der Waals surface area contributed by atoms with Crippen molar-refractivity contribution in [2.24, 2.45) is 0 Å². The van der Waals surface area contributed by atoms with Crippen molar-refractivity contribution in [1.29, 1.82) is 0 Å². The normalized spacial score (nSPS) is 15.4. The number of nitrogens with zero attached hydrogens (tertiary/aromatic N) is 2. The molecule has 0 aromatic heterocycles. The summed E-state index contributed by atoms with van der Waals surface area (Å²) in [5.74, 6) is 0.888. The van der Waals surface area contributed by atoms with Crippen LogP contribution in [0.25, 0.3) is 0 Å². The van der Waals surface area contributed by atoms with Crippen molar-refractivity contribution in [2.45, 2.75) is 24.7 Å². The fourth-order valence-corrected chi connectivity index (χ4v) is 4.67. The Morgan fingerprint density at radius 1 is 1.00 bits per heavy atom. The highest BCUT2D eigenvalue weighted by molar-refractivity contribution is 7.89. The molecule has 158 valence electrons. The lowest BCUT2D eigenvalue weighted by Gasteiger charge is -2.36. The molecule has 1 saturated heterocycles. The first-order valence-corrected chi connectivity index (χ1v) is 11.7. The number of aryl methyl sites for hydroxylation is 1. The second-order valence-corrected chi connectivity index (χ2v) is 9.06. The lowest BCUT2D eigenvalue weighted by atomic mass is 10.1. The Kier molecular flexibility index (Phi) is 7.52. The van der Waals surface area contributed by atoms with E-state index in [9.17, 15) is 8.42 Å². The first-order valence-electron chi connectivity index (χ1n) is 10.2. The minimum Gasteiger partial charge on any atom is -0.495 e. The predicted molar refractivity (Wildman–Crippen MR) is 117 cm³/mol. The van der Waals surface area contributed by atoms with Crippen LogP contribution in [-0.4, -0.2) is 59.7 Å². The molecule has 0 amide bonds. The Morgan fingerprint density at radius 3 is 2.34 bits per heavy atom. The Hall–Kier alpha value is -2.09. The molecule has 0 bridgehead atoms. The second-order valence-electron chi connectivity index (χ2n) is 7.29. The van der Waals surface area contributed by atoms with Gasteiger partial charge in [0.1, 0.15) is 5.75 Å². The number of ether oxygens (including phenoxy) is 1. The number of nitrogens with one attached hydrogen (secondary N) is 1. The standard InChI is InChI=1S/C22H31N3O3S/c1-3-6-19-9-11-20(12-10-19)29(26,27)23-13-14-24-15-17-25(18-16-24)21-7-4-5-8-22(21)28-2/h4-5,7-12,23H,3,6,13-18H2,1-2H3. The maximum Gasteiger partial charge on any atom is 0.240 e. The third kappa shape index (κ3) is 5.72. The summed E-state index contributed by atoms with van der Waals surface area (Å²) >= 11 is 0. The van der Waals surface area contributed by atoms with E-state index in [1.165, 1.54) is 5.56 Å². The Bertz CT molecular complexity index is 876. The lowest BCUT2D eigenvalue weighted by molar-refractivity contribution is 0.261. The predicted octanol–water partition coefficient (Wildman–Crippen LogP) is 2.75. The number of methoxy groups -OCH3 is 1. The SMILES string of the molecule is CCCc1ccc(S(=O)(=O)NCCN2CCN(c3ccccc3OC)CC2)cc1. The Labute approximate surface area is 174 Å². The summed E-state index contributed by atoms with van der Waals surface area (Å²) in [5.41, 5.74) is 2.28. The molecular weight excluding hydrogens is 386 g/mol. The number of hydrogen-bond acceptors (Lipinski definition) is 5. The van der Waals surface area contributed by atoms with Crippen molar-refractivity contribution < 1.29 is 13.2 Å². The van der Waals surface area contributed by atoms with Crippen LogP contribution in [0.5, 0.6) is 5.75 Å². The number of rotatable bonds is 9. The molecule has 0 aliphatic carbocycles. The molecule has 0 unspecified atom stereocenters. The molecule has 1 N–H and O–H groups in total. The number of benzene rings is 2. The van der Waals surface area contributed by atoms with Crippen LogP contribution >= 0.6 is 0 Å². The first kappa shape index (κ1) is 21.6. The minimum atomic E-state index is -3.46. The van der Waals surface area contributed by atoms with Crippen molar-refractivity contribution in [3.63, 3.8) is 0 Å². The largest absolute Gasteiger partial charge is 0.495 e. The number of anilines is 1. The third-order valence-electron chi connectivity index (χ3n) is 5.29.